The van der Waals surface area contributed by atoms with Crippen LogP contribution in [0.2, 0.25) is 0 Å². The van der Waals surface area contributed by atoms with E-state index in [0.29, 0.717) is 4.83 Å². The Kier molecular flexibility index (Phi) is 2.23. The molecule has 0 N–H and O–H groups in total. The molecule has 0 spiro atoms. The van der Waals surface area contributed by atoms with Gasteiger partial charge in [0.2, 0.25) is 0 Å². The first kappa shape index (κ1) is 9.26. The van der Waals surface area contributed by atoms with Gasteiger partial charge in [0.15, 0.2) is 0 Å². The molecule has 0 amide bonds. The molecule has 1 aromatic carbocycles. The van der Waals surface area contributed by atoms with E-state index in [-0.39, 0.29) is 0 Å². The zero-order valence-electron chi connectivity index (χ0n) is 8.45. The van der Waals surface area contributed by atoms with Crippen LogP contribution in [-0.2, 0) is 6.42 Å². The fourth-order valence-electron chi connectivity index (χ4n) is 2.34. The normalized spacial score (nSPS) is 20.5. The molecule has 1 aliphatic carbocycles. The van der Waals surface area contributed by atoms with Crippen molar-refractivity contribution in [3.63, 3.8) is 0 Å². The number of benzene rings is 1. The van der Waals surface area contributed by atoms with Crippen molar-refractivity contribution in [1.82, 2.24) is 0 Å². The van der Waals surface area contributed by atoms with Crippen LogP contribution < -0.4 is 0 Å². The third-order valence-electron chi connectivity index (χ3n) is 3.19. The Bertz CT molecular complexity index is 353. The van der Waals surface area contributed by atoms with Gasteiger partial charge in [-0.25, -0.2) is 0 Å². The molecule has 70 valence electrons. The third kappa shape index (κ3) is 1.34. The number of hydrogen-bond acceptors (Lipinski definition) is 0. The molecule has 0 aliphatic heterocycles. The van der Waals surface area contributed by atoms with Gasteiger partial charge in [0.05, 0.1) is 0 Å². The van der Waals surface area contributed by atoms with E-state index in [0.717, 1.165) is 0 Å². The molecule has 0 heterocycles. The zero-order chi connectivity index (χ0) is 9.59. The van der Waals surface area contributed by atoms with Gasteiger partial charge in [0, 0.05) is 4.83 Å². The van der Waals surface area contributed by atoms with E-state index in [1.54, 1.807) is 11.1 Å². The monoisotopic (exact) mass is 238 g/mol. The molecular formula is C12H15Br. The first-order valence-corrected chi connectivity index (χ1v) is 5.76. The van der Waals surface area contributed by atoms with E-state index in [4.69, 9.17) is 0 Å². The van der Waals surface area contributed by atoms with Gasteiger partial charge in [0.1, 0.15) is 0 Å². The van der Waals surface area contributed by atoms with E-state index in [1.165, 1.54) is 29.5 Å². The molecule has 0 nitrogen and oxygen atoms in total. The molecule has 0 saturated heterocycles. The molecule has 0 saturated carbocycles. The minimum atomic E-state index is 0.598. The summed E-state index contributed by atoms with van der Waals surface area (Å²) >= 11 is 3.76. The van der Waals surface area contributed by atoms with Gasteiger partial charge in [-0.2, -0.15) is 0 Å². The predicted octanol–water partition coefficient (Wildman–Crippen LogP) is 3.99. The van der Waals surface area contributed by atoms with Gasteiger partial charge < -0.3 is 0 Å². The fourth-order valence-corrected chi connectivity index (χ4v) is 3.19. The second-order valence-electron chi connectivity index (χ2n) is 4.03. The van der Waals surface area contributed by atoms with Gasteiger partial charge in [-0.3, -0.25) is 0 Å². The average molecular weight is 239 g/mol. The SMILES string of the molecule is Cc1cc(C)c2c(c1C)C(Br)CC2. The highest BCUT2D eigenvalue weighted by atomic mass is 79.9. The minimum absolute atomic E-state index is 0.598. The number of rotatable bonds is 0. The van der Waals surface area contributed by atoms with E-state index in [1.807, 2.05) is 0 Å². The van der Waals surface area contributed by atoms with E-state index < -0.39 is 0 Å². The van der Waals surface area contributed by atoms with Gasteiger partial charge in [-0.1, -0.05) is 22.0 Å². The van der Waals surface area contributed by atoms with Crippen molar-refractivity contribution in [1.29, 1.82) is 0 Å². The molecule has 0 aromatic heterocycles. The van der Waals surface area contributed by atoms with Crippen LogP contribution in [-0.4, -0.2) is 0 Å². The maximum absolute atomic E-state index is 3.76. The number of aryl methyl sites for hydroxylation is 2. The zero-order valence-corrected chi connectivity index (χ0v) is 10.0. The summed E-state index contributed by atoms with van der Waals surface area (Å²) in [6, 6.07) is 2.32. The van der Waals surface area contributed by atoms with E-state index >= 15 is 0 Å². The first-order valence-electron chi connectivity index (χ1n) is 4.85. The van der Waals surface area contributed by atoms with Crippen molar-refractivity contribution in [3.8, 4) is 0 Å². The Hall–Kier alpha value is -0.300. The Morgan fingerprint density at radius 3 is 2.62 bits per heavy atom. The highest BCUT2D eigenvalue weighted by Crippen LogP contribution is 2.41. The van der Waals surface area contributed by atoms with Gasteiger partial charge in [-0.15, -0.1) is 0 Å². The van der Waals surface area contributed by atoms with Crippen LogP contribution in [0.5, 0.6) is 0 Å². The summed E-state index contributed by atoms with van der Waals surface area (Å²) in [5, 5.41) is 0. The second-order valence-corrected chi connectivity index (χ2v) is 5.14. The van der Waals surface area contributed by atoms with Crippen molar-refractivity contribution in [2.75, 3.05) is 0 Å². The van der Waals surface area contributed by atoms with Crippen LogP contribution in [0.25, 0.3) is 0 Å². The summed E-state index contributed by atoms with van der Waals surface area (Å²) in [5.74, 6) is 0. The highest BCUT2D eigenvalue weighted by Gasteiger charge is 2.24. The second kappa shape index (κ2) is 3.13. The van der Waals surface area contributed by atoms with Crippen LogP contribution in [0.1, 0.15) is 39.1 Å². The molecule has 0 fully saturated rings. The first-order chi connectivity index (χ1) is 6.11. The average Bonchev–Trinajstić information content (AvgIpc) is 2.44. The number of hydrogen-bond donors (Lipinski definition) is 0. The largest absolute Gasteiger partial charge is 0.0838 e. The molecule has 1 unspecified atom stereocenters. The molecule has 1 atom stereocenters. The van der Waals surface area contributed by atoms with Crippen LogP contribution in [0, 0.1) is 20.8 Å². The summed E-state index contributed by atoms with van der Waals surface area (Å²) in [6.45, 7) is 6.68. The summed E-state index contributed by atoms with van der Waals surface area (Å²) < 4.78 is 0. The van der Waals surface area contributed by atoms with Crippen LogP contribution in [0.4, 0.5) is 0 Å². The maximum Gasteiger partial charge on any atom is 0.0404 e. The van der Waals surface area contributed by atoms with E-state index in [2.05, 4.69) is 42.8 Å². The Morgan fingerprint density at radius 1 is 1.23 bits per heavy atom. The number of fused-ring (bicyclic) bond motifs is 1. The highest BCUT2D eigenvalue weighted by molar-refractivity contribution is 9.09. The van der Waals surface area contributed by atoms with Gasteiger partial charge >= 0.3 is 0 Å². The summed E-state index contributed by atoms with van der Waals surface area (Å²) in [5.41, 5.74) is 7.55. The number of halogens is 1. The maximum atomic E-state index is 3.76. The summed E-state index contributed by atoms with van der Waals surface area (Å²) in [6.07, 6.45) is 2.51. The van der Waals surface area contributed by atoms with Crippen molar-refractivity contribution in [3.05, 3.63) is 33.9 Å². The molecule has 1 aromatic rings. The lowest BCUT2D eigenvalue weighted by Gasteiger charge is -2.12. The smallest absolute Gasteiger partial charge is 0.0404 e. The Balaban J connectivity index is 2.70. The molecular weight excluding hydrogens is 224 g/mol. The van der Waals surface area contributed by atoms with Crippen molar-refractivity contribution < 1.29 is 0 Å². The van der Waals surface area contributed by atoms with E-state index in [9.17, 15) is 0 Å². The lowest BCUT2D eigenvalue weighted by Crippen LogP contribution is -1.95. The fraction of sp³-hybridized carbons (Fsp3) is 0.500. The quantitative estimate of drug-likeness (QED) is 0.600. The standard InChI is InChI=1S/C12H15Br/c1-7-6-8(2)10-4-5-11(13)12(10)9(7)3/h6,11H,4-5H2,1-3H3. The molecule has 13 heavy (non-hydrogen) atoms. The van der Waals surface area contributed by atoms with Crippen LogP contribution in [0.3, 0.4) is 0 Å². The van der Waals surface area contributed by atoms with Gasteiger partial charge in [-0.05, 0) is 61.4 Å². The number of alkyl halides is 1. The topological polar surface area (TPSA) is 0 Å². The molecule has 1 heteroatoms. The molecule has 1 aliphatic rings. The van der Waals surface area contributed by atoms with Crippen molar-refractivity contribution in [2.45, 2.75) is 38.4 Å². The van der Waals surface area contributed by atoms with Crippen molar-refractivity contribution in [2.24, 2.45) is 0 Å². The van der Waals surface area contributed by atoms with Crippen LogP contribution in [0.15, 0.2) is 6.07 Å². The van der Waals surface area contributed by atoms with Gasteiger partial charge in [0.25, 0.3) is 0 Å². The lowest BCUT2D eigenvalue weighted by molar-refractivity contribution is 0.899. The Morgan fingerprint density at radius 2 is 1.92 bits per heavy atom. The molecule has 0 bridgehead atoms. The van der Waals surface area contributed by atoms with Crippen LogP contribution >= 0.6 is 15.9 Å². The lowest BCUT2D eigenvalue weighted by atomic mass is 9.95. The van der Waals surface area contributed by atoms with Crippen molar-refractivity contribution >= 4 is 15.9 Å². The minimum Gasteiger partial charge on any atom is -0.0838 e. The molecule has 2 rings (SSSR count). The summed E-state index contributed by atoms with van der Waals surface area (Å²) in [4.78, 5) is 0.598. The Labute approximate surface area is 88.5 Å². The molecule has 0 radical (unpaired) electrons. The predicted molar refractivity (Wildman–Crippen MR) is 60.6 cm³/mol. The summed E-state index contributed by atoms with van der Waals surface area (Å²) in [7, 11) is 0. The third-order valence-corrected chi connectivity index (χ3v) is 4.11.